The van der Waals surface area contributed by atoms with Crippen LogP contribution in [0.25, 0.3) is 45.0 Å². The molecule has 0 aliphatic rings. The van der Waals surface area contributed by atoms with Gasteiger partial charge in [0, 0.05) is 108 Å². The fourth-order valence-corrected chi connectivity index (χ4v) is 7.49. The van der Waals surface area contributed by atoms with Crippen LogP contribution in [-0.4, -0.2) is 5.91 Å². The number of amides is 1. The van der Waals surface area contributed by atoms with Crippen LogP contribution in [0.15, 0.2) is 256 Å². The SMILES string of the molecule is O=C(Nc1ccc(-[n+]2ccc(-c3cc[n+](-c4ccc(Oc5ccccc5)cc4)cc3)cc2)cc1)c1ccc(-[n+]2ccc(-c3cc[n+](-c4ccc(Oc5ccccc5)cc4)cc3)cc2)cc1. The van der Waals surface area contributed by atoms with Crippen LogP contribution in [0, 0.1) is 0 Å². The van der Waals surface area contributed by atoms with E-state index in [4.69, 9.17) is 9.47 Å². The molecule has 0 aliphatic heterocycles. The lowest BCUT2D eigenvalue weighted by atomic mass is 10.1. The highest BCUT2D eigenvalue weighted by atomic mass is 16.5. The molecule has 0 unspecified atom stereocenters. The molecule has 1 N–H and O–H groups in total. The van der Waals surface area contributed by atoms with Crippen molar-refractivity contribution in [2.45, 2.75) is 0 Å². The largest absolute Gasteiger partial charge is 0.457 e. The second-order valence-corrected chi connectivity index (χ2v) is 15.3. The van der Waals surface area contributed by atoms with E-state index in [2.05, 4.69) is 92.3 Å². The standard InChI is InChI=1S/C57H42N5O3/c63-57(47-11-15-49(16-12-47)59-35-27-43(28-36-59)45-31-39-61(40-32-45)51-19-23-55(24-20-51)64-53-7-3-1-4-8-53)58-48-13-17-50(18-14-48)60-37-29-44(30-38-60)46-33-41-62(42-34-46)52-21-25-56(26-22-52)65-54-9-5-2-6-10-54/h1-42H/q+3/p+1. The number of hydrogen-bond acceptors (Lipinski definition) is 3. The molecule has 0 saturated carbocycles. The number of carbonyl (C=O) groups is 1. The maximum absolute atomic E-state index is 13.2. The van der Waals surface area contributed by atoms with E-state index in [1.807, 2.05) is 187 Å². The minimum Gasteiger partial charge on any atom is -0.457 e. The van der Waals surface area contributed by atoms with Crippen LogP contribution in [0.2, 0.25) is 0 Å². The molecule has 8 heteroatoms. The molecule has 65 heavy (non-hydrogen) atoms. The summed E-state index contributed by atoms with van der Waals surface area (Å²) in [6.45, 7) is 0. The zero-order valence-electron chi connectivity index (χ0n) is 35.3. The van der Waals surface area contributed by atoms with Gasteiger partial charge in [-0.25, -0.2) is 0 Å². The van der Waals surface area contributed by atoms with Gasteiger partial charge in [-0.1, -0.05) is 36.4 Å². The average molecular weight is 846 g/mol. The molecule has 0 aliphatic carbocycles. The molecule has 0 saturated heterocycles. The molecule has 10 aromatic rings. The summed E-state index contributed by atoms with van der Waals surface area (Å²) in [6.07, 6.45) is 16.4. The van der Waals surface area contributed by atoms with Gasteiger partial charge in [-0.15, -0.1) is 0 Å². The smallest absolute Gasteiger partial charge is 0.255 e. The molecule has 310 valence electrons. The van der Waals surface area contributed by atoms with Crippen LogP contribution in [0.1, 0.15) is 10.4 Å². The molecular weight excluding hydrogens is 803 g/mol. The zero-order chi connectivity index (χ0) is 43.8. The zero-order valence-corrected chi connectivity index (χ0v) is 35.3. The second-order valence-electron chi connectivity index (χ2n) is 15.3. The molecule has 1 amide bonds. The summed E-state index contributed by atoms with van der Waals surface area (Å²) in [7, 11) is 0. The van der Waals surface area contributed by atoms with E-state index < -0.39 is 0 Å². The summed E-state index contributed by atoms with van der Waals surface area (Å²) in [5.41, 5.74) is 9.78. The van der Waals surface area contributed by atoms with Crippen LogP contribution in [-0.2, 0) is 0 Å². The van der Waals surface area contributed by atoms with Crippen molar-refractivity contribution in [1.82, 2.24) is 0 Å². The highest BCUT2D eigenvalue weighted by molar-refractivity contribution is 6.04. The molecule has 0 fully saturated rings. The molecule has 0 atom stereocenters. The number of pyridine rings is 4. The number of nitrogens with zero attached hydrogens (tertiary/aromatic N) is 4. The van der Waals surface area contributed by atoms with Crippen molar-refractivity contribution in [3.63, 3.8) is 0 Å². The summed E-state index contributed by atoms with van der Waals surface area (Å²) in [5, 5.41) is 3.04. The fourth-order valence-electron chi connectivity index (χ4n) is 7.49. The van der Waals surface area contributed by atoms with Crippen LogP contribution in [0.3, 0.4) is 0 Å². The third-order valence-electron chi connectivity index (χ3n) is 11.1. The quantitative estimate of drug-likeness (QED) is 0.125. The normalized spacial score (nSPS) is 10.8. The van der Waals surface area contributed by atoms with Crippen molar-refractivity contribution in [2.24, 2.45) is 0 Å². The van der Waals surface area contributed by atoms with Crippen molar-refractivity contribution in [2.75, 3.05) is 5.32 Å². The van der Waals surface area contributed by atoms with Gasteiger partial charge >= 0.3 is 0 Å². The lowest BCUT2D eigenvalue weighted by Gasteiger charge is -2.06. The number of nitrogens with one attached hydrogen (secondary N) is 1. The van der Waals surface area contributed by atoms with Crippen molar-refractivity contribution < 1.29 is 32.5 Å². The van der Waals surface area contributed by atoms with Gasteiger partial charge in [0.05, 0.1) is 0 Å². The van der Waals surface area contributed by atoms with Crippen molar-refractivity contribution >= 4 is 11.6 Å². The number of anilines is 1. The third kappa shape index (κ3) is 9.57. The van der Waals surface area contributed by atoms with Crippen molar-refractivity contribution in [1.29, 1.82) is 0 Å². The molecule has 8 nitrogen and oxygen atoms in total. The van der Waals surface area contributed by atoms with Gasteiger partial charge in [-0.3, -0.25) is 4.79 Å². The Morgan fingerprint density at radius 2 is 0.585 bits per heavy atom. The second kappa shape index (κ2) is 18.5. The van der Waals surface area contributed by atoms with Crippen molar-refractivity contribution in [3.8, 4) is 68.0 Å². The molecule has 6 aromatic carbocycles. The van der Waals surface area contributed by atoms with Gasteiger partial charge in [-0.2, -0.15) is 18.3 Å². The van der Waals surface area contributed by atoms with E-state index in [1.165, 1.54) is 0 Å². The predicted octanol–water partition coefficient (Wildman–Crippen LogP) is 11.0. The van der Waals surface area contributed by atoms with Crippen LogP contribution < -0.4 is 33.1 Å². The first kappa shape index (κ1) is 40.1. The van der Waals surface area contributed by atoms with E-state index in [9.17, 15) is 4.79 Å². The Bertz CT molecular complexity index is 3150. The minimum absolute atomic E-state index is 0.169. The Balaban J connectivity index is 0.714. The van der Waals surface area contributed by atoms with Gasteiger partial charge in [-0.05, 0) is 95.1 Å². The molecular formula is C57H43N5O3+4. The first-order chi connectivity index (χ1) is 32.1. The van der Waals surface area contributed by atoms with Crippen LogP contribution in [0.5, 0.6) is 23.0 Å². The molecule has 10 rings (SSSR count). The number of para-hydroxylation sites is 2. The van der Waals surface area contributed by atoms with Crippen LogP contribution >= 0.6 is 0 Å². The van der Waals surface area contributed by atoms with E-state index in [0.29, 0.717) is 5.56 Å². The minimum atomic E-state index is -0.169. The molecule has 0 radical (unpaired) electrons. The fraction of sp³-hybridized carbons (Fsp3) is 0. The number of carbonyl (C=O) groups excluding carboxylic acids is 1. The van der Waals surface area contributed by atoms with E-state index >= 15 is 0 Å². The number of rotatable bonds is 12. The van der Waals surface area contributed by atoms with E-state index in [0.717, 1.165) is 73.7 Å². The molecule has 0 spiro atoms. The Labute approximate surface area is 377 Å². The van der Waals surface area contributed by atoms with Crippen molar-refractivity contribution in [3.05, 3.63) is 261 Å². The maximum atomic E-state index is 13.2. The monoisotopic (exact) mass is 845 g/mol. The summed E-state index contributed by atoms with van der Waals surface area (Å²) in [4.78, 5) is 13.2. The lowest BCUT2D eigenvalue weighted by molar-refractivity contribution is -0.596. The van der Waals surface area contributed by atoms with Crippen LogP contribution in [0.4, 0.5) is 5.69 Å². The summed E-state index contributed by atoms with van der Waals surface area (Å²) < 4.78 is 20.1. The van der Waals surface area contributed by atoms with Gasteiger partial charge in [0.25, 0.3) is 5.91 Å². The third-order valence-corrected chi connectivity index (χ3v) is 11.1. The van der Waals surface area contributed by atoms with Gasteiger partial charge in [0.2, 0.25) is 22.7 Å². The Hall–Kier alpha value is -9.01. The highest BCUT2D eigenvalue weighted by Gasteiger charge is 2.14. The van der Waals surface area contributed by atoms with Gasteiger partial charge < -0.3 is 14.8 Å². The Kier molecular flexibility index (Phi) is 11.4. The summed E-state index contributed by atoms with van der Waals surface area (Å²) in [5.74, 6) is 3.04. The molecule has 4 aromatic heterocycles. The Morgan fingerprint density at radius 1 is 0.308 bits per heavy atom. The summed E-state index contributed by atoms with van der Waals surface area (Å²) >= 11 is 0. The first-order valence-corrected chi connectivity index (χ1v) is 21.3. The lowest BCUT2D eigenvalue weighted by Crippen LogP contribution is -2.30. The number of hydrogen-bond donors (Lipinski definition) is 1. The predicted molar refractivity (Wildman–Crippen MR) is 251 cm³/mol. The molecule has 0 bridgehead atoms. The topological polar surface area (TPSA) is 63.1 Å². The Morgan fingerprint density at radius 3 is 0.908 bits per heavy atom. The number of ether oxygens (including phenoxy) is 2. The molecule has 4 heterocycles. The van der Waals surface area contributed by atoms with E-state index in [1.54, 1.807) is 0 Å². The number of aromatic nitrogens is 4. The average Bonchev–Trinajstić information content (AvgIpc) is 3.38. The first-order valence-electron chi connectivity index (χ1n) is 21.3. The summed E-state index contributed by atoms with van der Waals surface area (Å²) in [6, 6.07) is 67.9. The van der Waals surface area contributed by atoms with Gasteiger partial charge in [0.1, 0.15) is 23.0 Å². The highest BCUT2D eigenvalue weighted by Crippen LogP contribution is 2.24. The van der Waals surface area contributed by atoms with E-state index in [-0.39, 0.29) is 5.91 Å². The van der Waals surface area contributed by atoms with Gasteiger partial charge in [0.15, 0.2) is 49.6 Å². The number of benzene rings is 6. The maximum Gasteiger partial charge on any atom is 0.255 e.